The van der Waals surface area contributed by atoms with Gasteiger partial charge in [0, 0.05) is 25.8 Å². The van der Waals surface area contributed by atoms with Crippen molar-refractivity contribution < 1.29 is 9.84 Å². The molecule has 0 unspecified atom stereocenters. The van der Waals surface area contributed by atoms with E-state index in [1.807, 2.05) is 54.6 Å². The average Bonchev–Trinajstić information content (AvgIpc) is 2.52. The third-order valence-electron chi connectivity index (χ3n) is 3.24. The predicted octanol–water partition coefficient (Wildman–Crippen LogP) is 5.54. The summed E-state index contributed by atoms with van der Waals surface area (Å²) in [6.07, 6.45) is 0. The van der Waals surface area contributed by atoms with Gasteiger partial charge in [0.1, 0.15) is 11.5 Å². The van der Waals surface area contributed by atoms with Gasteiger partial charge in [-0.25, -0.2) is 0 Å². The molecule has 3 rings (SSSR count). The van der Waals surface area contributed by atoms with E-state index in [1.165, 1.54) is 0 Å². The summed E-state index contributed by atoms with van der Waals surface area (Å²) >= 11 is 9.60. The van der Waals surface area contributed by atoms with Crippen LogP contribution in [0.5, 0.6) is 11.5 Å². The van der Waals surface area contributed by atoms with Crippen molar-refractivity contribution in [3.63, 3.8) is 0 Å². The van der Waals surface area contributed by atoms with E-state index in [9.17, 15) is 5.11 Å². The molecule has 0 aliphatic carbocycles. The molecule has 0 saturated heterocycles. The third kappa shape index (κ3) is 2.91. The number of fused-ring (bicyclic) bond motifs is 1. The van der Waals surface area contributed by atoms with Crippen molar-refractivity contribution in [1.82, 2.24) is 0 Å². The van der Waals surface area contributed by atoms with Gasteiger partial charge < -0.3 is 9.84 Å². The van der Waals surface area contributed by atoms with E-state index < -0.39 is 0 Å². The maximum absolute atomic E-state index is 9.46. The maximum Gasteiger partial charge on any atom is 0.135 e. The summed E-state index contributed by atoms with van der Waals surface area (Å²) in [5.41, 5.74) is 0.725. The summed E-state index contributed by atoms with van der Waals surface area (Å²) in [4.78, 5) is 0. The molecule has 0 bridgehead atoms. The summed E-state index contributed by atoms with van der Waals surface area (Å²) in [5, 5.41) is 12.0. The lowest BCUT2D eigenvalue weighted by Crippen LogP contribution is -1.92. The van der Waals surface area contributed by atoms with Gasteiger partial charge in [0.15, 0.2) is 0 Å². The van der Waals surface area contributed by atoms with E-state index in [4.69, 9.17) is 16.3 Å². The van der Waals surface area contributed by atoms with Crippen LogP contribution in [0.2, 0.25) is 5.02 Å². The Hall–Kier alpha value is -1.55. The van der Waals surface area contributed by atoms with Gasteiger partial charge in [-0.3, -0.25) is 0 Å². The molecule has 0 radical (unpaired) electrons. The van der Waals surface area contributed by atoms with E-state index in [1.54, 1.807) is 0 Å². The van der Waals surface area contributed by atoms with Crippen LogP contribution in [0, 0.1) is 0 Å². The second-order valence-electron chi connectivity index (χ2n) is 4.60. The summed E-state index contributed by atoms with van der Waals surface area (Å²) in [5.74, 6) is 1.35. The number of hydrogen-bond donors (Lipinski definition) is 1. The van der Waals surface area contributed by atoms with Crippen molar-refractivity contribution in [2.75, 3.05) is 0 Å². The zero-order valence-electron chi connectivity index (χ0n) is 11.0. The van der Waals surface area contributed by atoms with Crippen LogP contribution >= 0.6 is 27.5 Å². The van der Waals surface area contributed by atoms with Gasteiger partial charge in [0.2, 0.25) is 0 Å². The minimum Gasteiger partial charge on any atom is -0.456 e. The quantitative estimate of drug-likeness (QED) is 0.662. The summed E-state index contributed by atoms with van der Waals surface area (Å²) < 4.78 is 6.89. The summed E-state index contributed by atoms with van der Waals surface area (Å²) in [7, 11) is 0. The molecule has 1 N–H and O–H groups in total. The molecule has 21 heavy (non-hydrogen) atoms. The first-order valence-electron chi connectivity index (χ1n) is 6.43. The van der Waals surface area contributed by atoms with Gasteiger partial charge in [-0.2, -0.15) is 0 Å². The van der Waals surface area contributed by atoms with Crippen molar-refractivity contribution >= 4 is 38.3 Å². The van der Waals surface area contributed by atoms with Gasteiger partial charge in [-0.1, -0.05) is 51.8 Å². The first kappa shape index (κ1) is 14.4. The highest BCUT2D eigenvalue weighted by Crippen LogP contribution is 2.35. The van der Waals surface area contributed by atoms with Crippen molar-refractivity contribution in [2.45, 2.75) is 6.61 Å². The highest BCUT2D eigenvalue weighted by atomic mass is 79.9. The molecule has 0 spiro atoms. The number of aliphatic hydroxyl groups is 1. The lowest BCUT2D eigenvalue weighted by atomic mass is 10.1. The van der Waals surface area contributed by atoms with Gasteiger partial charge in [-0.05, 0) is 30.3 Å². The molecule has 3 aromatic carbocycles. The zero-order valence-corrected chi connectivity index (χ0v) is 13.4. The fraction of sp³-hybridized carbons (Fsp3) is 0.0588. The highest BCUT2D eigenvalue weighted by Gasteiger charge is 2.09. The van der Waals surface area contributed by atoms with Crippen molar-refractivity contribution in [2.24, 2.45) is 0 Å². The molecule has 0 aliphatic rings. The lowest BCUT2D eigenvalue weighted by Gasteiger charge is -2.13. The first-order valence-corrected chi connectivity index (χ1v) is 7.60. The Bertz CT molecular complexity index is 802. The second kappa shape index (κ2) is 6.06. The number of halogens is 2. The minimum absolute atomic E-state index is 0.0830. The van der Waals surface area contributed by atoms with E-state index in [0.29, 0.717) is 16.5 Å². The Balaban J connectivity index is 2.09. The van der Waals surface area contributed by atoms with Crippen LogP contribution in [0.3, 0.4) is 0 Å². The Morgan fingerprint density at radius 1 is 0.952 bits per heavy atom. The van der Waals surface area contributed by atoms with Gasteiger partial charge >= 0.3 is 0 Å². The summed E-state index contributed by atoms with van der Waals surface area (Å²) in [6, 6.07) is 17.0. The number of benzene rings is 3. The molecule has 0 heterocycles. The SMILES string of the molecule is OCc1cc(Br)ccc1Oc1ccc(Cl)c2ccccc12. The van der Waals surface area contributed by atoms with E-state index in [2.05, 4.69) is 15.9 Å². The zero-order chi connectivity index (χ0) is 14.8. The van der Waals surface area contributed by atoms with Crippen molar-refractivity contribution in [1.29, 1.82) is 0 Å². The number of hydrogen-bond acceptors (Lipinski definition) is 2. The van der Waals surface area contributed by atoms with Crippen LogP contribution in [-0.4, -0.2) is 5.11 Å². The molecule has 4 heteroatoms. The van der Waals surface area contributed by atoms with E-state index >= 15 is 0 Å². The molecule has 0 aromatic heterocycles. The Morgan fingerprint density at radius 2 is 1.67 bits per heavy atom. The lowest BCUT2D eigenvalue weighted by molar-refractivity contribution is 0.276. The summed E-state index contributed by atoms with van der Waals surface area (Å²) in [6.45, 7) is -0.0830. The van der Waals surface area contributed by atoms with Crippen LogP contribution in [0.15, 0.2) is 59.1 Å². The van der Waals surface area contributed by atoms with Crippen LogP contribution in [0.4, 0.5) is 0 Å². The molecular formula is C17H12BrClO2. The molecule has 0 amide bonds. The Labute approximate surface area is 136 Å². The molecular weight excluding hydrogens is 352 g/mol. The van der Waals surface area contributed by atoms with Crippen molar-refractivity contribution in [3.05, 3.63) is 69.7 Å². The van der Waals surface area contributed by atoms with Crippen LogP contribution in [0.25, 0.3) is 10.8 Å². The van der Waals surface area contributed by atoms with Crippen molar-refractivity contribution in [3.8, 4) is 11.5 Å². The average molecular weight is 364 g/mol. The standard InChI is InChI=1S/C17H12BrClO2/c18-12-5-7-16(11(9-12)10-20)21-17-8-6-15(19)13-3-1-2-4-14(13)17/h1-9,20H,10H2. The molecule has 0 saturated carbocycles. The third-order valence-corrected chi connectivity index (χ3v) is 4.07. The fourth-order valence-electron chi connectivity index (χ4n) is 2.21. The van der Waals surface area contributed by atoms with Crippen LogP contribution in [-0.2, 0) is 6.61 Å². The minimum atomic E-state index is -0.0830. The van der Waals surface area contributed by atoms with E-state index in [-0.39, 0.29) is 6.61 Å². The second-order valence-corrected chi connectivity index (χ2v) is 5.93. The molecule has 2 nitrogen and oxygen atoms in total. The largest absolute Gasteiger partial charge is 0.456 e. The van der Waals surface area contributed by atoms with Crippen LogP contribution < -0.4 is 4.74 Å². The number of aliphatic hydroxyl groups excluding tert-OH is 1. The topological polar surface area (TPSA) is 29.5 Å². The predicted molar refractivity (Wildman–Crippen MR) is 89.1 cm³/mol. The number of ether oxygens (including phenoxy) is 1. The highest BCUT2D eigenvalue weighted by molar-refractivity contribution is 9.10. The Kier molecular flexibility index (Phi) is 4.15. The normalized spacial score (nSPS) is 10.8. The number of rotatable bonds is 3. The Morgan fingerprint density at radius 3 is 2.43 bits per heavy atom. The van der Waals surface area contributed by atoms with Gasteiger partial charge in [-0.15, -0.1) is 0 Å². The fourth-order valence-corrected chi connectivity index (χ4v) is 2.85. The first-order chi connectivity index (χ1) is 10.2. The monoisotopic (exact) mass is 362 g/mol. The molecule has 0 atom stereocenters. The van der Waals surface area contributed by atoms with Crippen LogP contribution in [0.1, 0.15) is 5.56 Å². The molecule has 0 aliphatic heterocycles. The molecule has 0 fully saturated rings. The maximum atomic E-state index is 9.46. The van der Waals surface area contributed by atoms with Gasteiger partial charge in [0.05, 0.1) is 6.61 Å². The smallest absolute Gasteiger partial charge is 0.135 e. The molecule has 106 valence electrons. The molecule has 3 aromatic rings. The van der Waals surface area contributed by atoms with Gasteiger partial charge in [0.25, 0.3) is 0 Å². The van der Waals surface area contributed by atoms with E-state index in [0.717, 1.165) is 20.8 Å².